The van der Waals surface area contributed by atoms with E-state index in [1.165, 1.54) is 193 Å². The molecule has 0 aromatic carbocycles. The van der Waals surface area contributed by atoms with E-state index in [-0.39, 0.29) is 0 Å². The maximum absolute atomic E-state index is 2.45. The molecule has 1 unspecified atom stereocenters. The van der Waals surface area contributed by atoms with E-state index in [4.69, 9.17) is 0 Å². The van der Waals surface area contributed by atoms with Gasteiger partial charge < -0.3 is 0 Å². The first kappa shape index (κ1) is 36.2. The smallest absolute Gasteiger partial charge is 0.237 e. The van der Waals surface area contributed by atoms with Gasteiger partial charge in [0.25, 0.3) is 0 Å². The summed E-state index contributed by atoms with van der Waals surface area (Å²) >= 11 is 0. The molecule has 0 aliphatic heterocycles. The van der Waals surface area contributed by atoms with E-state index >= 15 is 0 Å². The molecule has 1 heterocycles. The lowest BCUT2D eigenvalue weighted by molar-refractivity contribution is -0.697. The van der Waals surface area contributed by atoms with Gasteiger partial charge in [0, 0.05) is 0 Å². The van der Waals surface area contributed by atoms with Crippen LogP contribution >= 0.6 is 0 Å². The van der Waals surface area contributed by atoms with E-state index in [9.17, 15) is 0 Å². The summed E-state index contributed by atoms with van der Waals surface area (Å²) in [5.41, 5.74) is 0. The number of nitrogens with zero attached hydrogens (tertiary/aromatic N) is 2. The molecule has 0 fully saturated rings. The highest BCUT2D eigenvalue weighted by atomic mass is 15.1. The molecule has 0 N–H and O–H groups in total. The Morgan fingerprint density at radius 1 is 0.462 bits per heavy atom. The molecule has 0 radical (unpaired) electrons. The Kier molecular flexibility index (Phi) is 26.7. The second-order valence-electron chi connectivity index (χ2n) is 12.9. The Labute approximate surface area is 247 Å². The minimum atomic E-state index is 0.639. The first-order chi connectivity index (χ1) is 19.3. The van der Waals surface area contributed by atoms with Crippen LogP contribution in [0.15, 0.2) is 18.7 Å². The van der Waals surface area contributed by atoms with Crippen LogP contribution in [-0.2, 0) is 6.54 Å². The highest BCUT2D eigenvalue weighted by Gasteiger charge is 2.11. The van der Waals surface area contributed by atoms with E-state index in [0.29, 0.717) is 6.04 Å². The number of hydrogen-bond donors (Lipinski definition) is 0. The molecule has 39 heavy (non-hydrogen) atoms. The lowest BCUT2D eigenvalue weighted by atomic mass is 10.0. The molecule has 1 rings (SSSR count). The molecule has 0 spiro atoms. The number of imidazole rings is 1. The van der Waals surface area contributed by atoms with Crippen LogP contribution in [0.25, 0.3) is 0 Å². The molecular formula is C37H73N2+. The van der Waals surface area contributed by atoms with Crippen LogP contribution in [0.1, 0.15) is 213 Å². The predicted molar refractivity (Wildman–Crippen MR) is 175 cm³/mol. The van der Waals surface area contributed by atoms with Crippen LogP contribution in [0.3, 0.4) is 0 Å². The Bertz CT molecular complexity index is 592. The lowest BCUT2D eigenvalue weighted by Crippen LogP contribution is -2.31. The van der Waals surface area contributed by atoms with Gasteiger partial charge in [0.15, 0.2) is 0 Å². The van der Waals surface area contributed by atoms with E-state index in [2.05, 4.69) is 48.6 Å². The third-order valence-electron chi connectivity index (χ3n) is 8.97. The zero-order chi connectivity index (χ0) is 28.1. The summed E-state index contributed by atoms with van der Waals surface area (Å²) < 4.78 is 4.87. The Morgan fingerprint density at radius 3 is 1.18 bits per heavy atom. The molecule has 1 aromatic rings. The van der Waals surface area contributed by atoms with Gasteiger partial charge in [-0.3, -0.25) is 0 Å². The summed E-state index contributed by atoms with van der Waals surface area (Å²) in [6, 6.07) is 0.639. The molecule has 0 amide bonds. The number of aromatic nitrogens is 2. The summed E-state index contributed by atoms with van der Waals surface area (Å²) in [5.74, 6) is 0. The quantitative estimate of drug-likeness (QED) is 0.0648. The SMILES string of the molecule is CCCCCCCCCCCCCCCCC(C)n1cc[n+](CCCCCCCCCCCCCCCC)c1. The summed E-state index contributed by atoms with van der Waals surface area (Å²) in [5, 5.41) is 0. The topological polar surface area (TPSA) is 8.81 Å². The van der Waals surface area contributed by atoms with Crippen molar-refractivity contribution in [2.45, 2.75) is 220 Å². The van der Waals surface area contributed by atoms with Crippen molar-refractivity contribution in [1.82, 2.24) is 4.57 Å². The molecule has 2 nitrogen and oxygen atoms in total. The molecule has 0 saturated carbocycles. The molecule has 0 aliphatic rings. The van der Waals surface area contributed by atoms with Gasteiger partial charge >= 0.3 is 0 Å². The molecule has 1 atom stereocenters. The van der Waals surface area contributed by atoms with Crippen LogP contribution < -0.4 is 4.57 Å². The Balaban J connectivity index is 1.87. The standard InChI is InChI=1S/C37H73N2/c1-4-6-8-10-12-14-16-18-20-22-24-26-28-30-32-37(3)39-35-34-38(36-39)33-31-29-27-25-23-21-19-17-15-13-11-9-7-5-2/h34-37H,4-33H2,1-3H3/q+1. The highest BCUT2D eigenvalue weighted by molar-refractivity contribution is 4.72. The maximum Gasteiger partial charge on any atom is 0.243 e. The molecule has 230 valence electrons. The first-order valence-corrected chi connectivity index (χ1v) is 18.3. The maximum atomic E-state index is 2.45. The summed E-state index contributed by atoms with van der Waals surface area (Å²) in [6.45, 7) is 8.20. The molecule has 2 heteroatoms. The number of unbranched alkanes of at least 4 members (excludes halogenated alkanes) is 26. The summed E-state index contributed by atoms with van der Waals surface area (Å²) in [6.07, 6.45) is 48.6. The van der Waals surface area contributed by atoms with Crippen molar-refractivity contribution in [2.75, 3.05) is 0 Å². The molecular weight excluding hydrogens is 472 g/mol. The van der Waals surface area contributed by atoms with Gasteiger partial charge in [0.1, 0.15) is 12.4 Å². The molecule has 0 bridgehead atoms. The fourth-order valence-corrected chi connectivity index (χ4v) is 6.08. The van der Waals surface area contributed by atoms with Crippen molar-refractivity contribution in [1.29, 1.82) is 0 Å². The van der Waals surface area contributed by atoms with Gasteiger partial charge in [0.05, 0.1) is 12.6 Å². The zero-order valence-electron chi connectivity index (χ0n) is 27.4. The Hall–Kier alpha value is -0.790. The minimum absolute atomic E-state index is 0.639. The van der Waals surface area contributed by atoms with Gasteiger partial charge in [-0.15, -0.1) is 0 Å². The lowest BCUT2D eigenvalue weighted by Gasteiger charge is -2.08. The first-order valence-electron chi connectivity index (χ1n) is 18.3. The van der Waals surface area contributed by atoms with Crippen molar-refractivity contribution in [3.63, 3.8) is 0 Å². The number of rotatable bonds is 31. The minimum Gasteiger partial charge on any atom is -0.237 e. The van der Waals surface area contributed by atoms with Crippen LogP contribution in [0.2, 0.25) is 0 Å². The fourth-order valence-electron chi connectivity index (χ4n) is 6.08. The van der Waals surface area contributed by atoms with Crippen molar-refractivity contribution in [3.05, 3.63) is 18.7 Å². The van der Waals surface area contributed by atoms with Gasteiger partial charge in [-0.1, -0.05) is 174 Å². The zero-order valence-corrected chi connectivity index (χ0v) is 27.4. The summed E-state index contributed by atoms with van der Waals surface area (Å²) in [7, 11) is 0. The third kappa shape index (κ3) is 23.6. The second kappa shape index (κ2) is 28.7. The van der Waals surface area contributed by atoms with E-state index in [1.807, 2.05) is 0 Å². The predicted octanol–water partition coefficient (Wildman–Crippen LogP) is 12.7. The van der Waals surface area contributed by atoms with Crippen molar-refractivity contribution in [2.24, 2.45) is 0 Å². The monoisotopic (exact) mass is 546 g/mol. The van der Waals surface area contributed by atoms with E-state index < -0.39 is 0 Å². The molecule has 0 aliphatic carbocycles. The normalized spacial score (nSPS) is 12.4. The van der Waals surface area contributed by atoms with Crippen LogP contribution in [-0.4, -0.2) is 4.57 Å². The van der Waals surface area contributed by atoms with Crippen LogP contribution in [0.5, 0.6) is 0 Å². The molecule has 1 aromatic heterocycles. The molecule has 0 saturated heterocycles. The Morgan fingerprint density at radius 2 is 0.795 bits per heavy atom. The second-order valence-corrected chi connectivity index (χ2v) is 12.9. The van der Waals surface area contributed by atoms with E-state index in [1.54, 1.807) is 0 Å². The fraction of sp³-hybridized carbons (Fsp3) is 0.919. The van der Waals surface area contributed by atoms with E-state index in [0.717, 1.165) is 0 Å². The largest absolute Gasteiger partial charge is 0.243 e. The summed E-state index contributed by atoms with van der Waals surface area (Å²) in [4.78, 5) is 0. The van der Waals surface area contributed by atoms with Gasteiger partial charge in [-0.05, 0) is 32.6 Å². The average molecular weight is 546 g/mol. The average Bonchev–Trinajstić information content (AvgIpc) is 3.42. The van der Waals surface area contributed by atoms with Gasteiger partial charge in [0.2, 0.25) is 6.33 Å². The van der Waals surface area contributed by atoms with Crippen LogP contribution in [0.4, 0.5) is 0 Å². The van der Waals surface area contributed by atoms with Crippen LogP contribution in [0, 0.1) is 0 Å². The van der Waals surface area contributed by atoms with Crippen molar-refractivity contribution < 1.29 is 4.57 Å². The van der Waals surface area contributed by atoms with Gasteiger partial charge in [-0.25, -0.2) is 9.13 Å². The van der Waals surface area contributed by atoms with Crippen molar-refractivity contribution >= 4 is 0 Å². The highest BCUT2D eigenvalue weighted by Crippen LogP contribution is 2.17. The number of hydrogen-bond acceptors (Lipinski definition) is 0. The third-order valence-corrected chi connectivity index (χ3v) is 8.97. The number of aryl methyl sites for hydroxylation is 1. The van der Waals surface area contributed by atoms with Crippen molar-refractivity contribution in [3.8, 4) is 0 Å². The van der Waals surface area contributed by atoms with Gasteiger partial charge in [-0.2, -0.15) is 0 Å².